The summed E-state index contributed by atoms with van der Waals surface area (Å²) >= 11 is 3.16. The van der Waals surface area contributed by atoms with Crippen LogP contribution in [0.1, 0.15) is 17.3 Å². The van der Waals surface area contributed by atoms with Gasteiger partial charge in [0.25, 0.3) is 5.91 Å². The number of amides is 1. The molecule has 1 aromatic heterocycles. The average Bonchev–Trinajstić information content (AvgIpc) is 2.30. The molecule has 3 N–H and O–H groups in total. The highest BCUT2D eigenvalue weighted by Gasteiger charge is 2.19. The van der Waals surface area contributed by atoms with Gasteiger partial charge < -0.3 is 15.8 Å². The molecule has 0 saturated carbocycles. The van der Waals surface area contributed by atoms with Gasteiger partial charge >= 0.3 is 5.97 Å². The van der Waals surface area contributed by atoms with Crippen molar-refractivity contribution in [2.75, 3.05) is 12.8 Å². The molecule has 17 heavy (non-hydrogen) atoms. The molecule has 0 fully saturated rings. The van der Waals surface area contributed by atoms with E-state index in [-0.39, 0.29) is 17.3 Å². The fourth-order valence-electron chi connectivity index (χ4n) is 1.09. The second kappa shape index (κ2) is 5.62. The van der Waals surface area contributed by atoms with Gasteiger partial charge in [0.2, 0.25) is 0 Å². The molecular formula is C10H12BrN3O3. The quantitative estimate of drug-likeness (QED) is 0.802. The van der Waals surface area contributed by atoms with E-state index in [1.165, 1.54) is 26.2 Å². The summed E-state index contributed by atoms with van der Waals surface area (Å²) < 4.78 is 5.42. The van der Waals surface area contributed by atoms with E-state index in [0.29, 0.717) is 4.47 Å². The normalized spacial score (nSPS) is 11.7. The van der Waals surface area contributed by atoms with Crippen molar-refractivity contribution in [3.05, 3.63) is 22.3 Å². The highest BCUT2D eigenvalue weighted by atomic mass is 79.9. The summed E-state index contributed by atoms with van der Waals surface area (Å²) in [6, 6.07) is 1.38. The number of halogens is 1. The van der Waals surface area contributed by atoms with Gasteiger partial charge in [0, 0.05) is 13.2 Å². The molecule has 0 bridgehead atoms. The maximum absolute atomic E-state index is 11.7. The molecule has 0 saturated heterocycles. The zero-order valence-corrected chi connectivity index (χ0v) is 10.9. The molecule has 1 aromatic rings. The number of aromatic nitrogens is 1. The van der Waals surface area contributed by atoms with Crippen molar-refractivity contribution >= 4 is 33.6 Å². The summed E-state index contributed by atoms with van der Waals surface area (Å²) in [6.45, 7) is 1.48. The predicted octanol–water partition coefficient (Wildman–Crippen LogP) is 0.718. The fraction of sp³-hybridized carbons (Fsp3) is 0.300. The summed E-state index contributed by atoms with van der Waals surface area (Å²) in [5.41, 5.74) is 5.69. The minimum absolute atomic E-state index is 0.202. The fourth-order valence-corrected chi connectivity index (χ4v) is 1.47. The minimum Gasteiger partial charge on any atom is -0.449 e. The van der Waals surface area contributed by atoms with Crippen LogP contribution < -0.4 is 11.1 Å². The topological polar surface area (TPSA) is 94.3 Å². The highest BCUT2D eigenvalue weighted by molar-refractivity contribution is 9.10. The van der Waals surface area contributed by atoms with E-state index in [1.807, 2.05) is 0 Å². The first kappa shape index (κ1) is 13.4. The first-order valence-electron chi connectivity index (χ1n) is 4.79. The van der Waals surface area contributed by atoms with E-state index in [2.05, 4.69) is 26.2 Å². The van der Waals surface area contributed by atoms with Crippen LogP contribution in [0, 0.1) is 0 Å². The summed E-state index contributed by atoms with van der Waals surface area (Å²) in [7, 11) is 1.47. The molecule has 1 unspecified atom stereocenters. The number of hydrogen-bond acceptors (Lipinski definition) is 5. The molecule has 0 spiro atoms. The molecule has 0 aromatic carbocycles. The Hall–Kier alpha value is -1.63. The number of carbonyl (C=O) groups is 2. The van der Waals surface area contributed by atoms with Gasteiger partial charge in [0.1, 0.15) is 5.82 Å². The molecule has 0 aliphatic carbocycles. The first-order valence-corrected chi connectivity index (χ1v) is 5.58. The summed E-state index contributed by atoms with van der Waals surface area (Å²) in [5.74, 6) is -0.814. The number of pyridine rings is 1. The van der Waals surface area contributed by atoms with Crippen molar-refractivity contribution in [1.29, 1.82) is 0 Å². The Balaban J connectivity index is 2.83. The molecule has 1 rings (SSSR count). The number of hydrogen-bond donors (Lipinski definition) is 2. The van der Waals surface area contributed by atoms with E-state index in [1.54, 1.807) is 0 Å². The Bertz CT molecular complexity index is 450. The molecule has 92 valence electrons. The summed E-state index contributed by atoms with van der Waals surface area (Å²) in [6.07, 6.45) is 0.532. The molecular weight excluding hydrogens is 290 g/mol. The van der Waals surface area contributed by atoms with E-state index < -0.39 is 12.1 Å². The SMILES string of the molecule is CNC(=O)C(C)OC(=O)c1cc(N)ncc1Br. The van der Waals surface area contributed by atoms with Gasteiger partial charge in [-0.1, -0.05) is 0 Å². The number of nitrogens with zero attached hydrogens (tertiary/aromatic N) is 1. The monoisotopic (exact) mass is 301 g/mol. The third kappa shape index (κ3) is 3.42. The molecule has 0 aliphatic heterocycles. The maximum Gasteiger partial charge on any atom is 0.340 e. The number of likely N-dealkylation sites (N-methyl/N-ethyl adjacent to an activating group) is 1. The minimum atomic E-state index is -0.867. The van der Waals surface area contributed by atoms with Gasteiger partial charge in [0.05, 0.1) is 10.0 Å². The standard InChI is InChI=1S/C10H12BrN3O3/c1-5(9(15)13-2)17-10(16)6-3-8(12)14-4-7(6)11/h3-5H,1-2H3,(H2,12,14)(H,13,15). The Labute approximate surface area is 107 Å². The Morgan fingerprint density at radius 3 is 2.82 bits per heavy atom. The van der Waals surface area contributed by atoms with Gasteiger partial charge in [-0.25, -0.2) is 9.78 Å². The smallest absolute Gasteiger partial charge is 0.340 e. The number of esters is 1. The second-order valence-electron chi connectivity index (χ2n) is 3.25. The van der Waals surface area contributed by atoms with Crippen molar-refractivity contribution in [3.63, 3.8) is 0 Å². The number of nitrogens with one attached hydrogen (secondary N) is 1. The van der Waals surface area contributed by atoms with Crippen LogP contribution in [0.5, 0.6) is 0 Å². The second-order valence-corrected chi connectivity index (χ2v) is 4.11. The lowest BCUT2D eigenvalue weighted by molar-refractivity contribution is -0.128. The molecule has 0 aliphatic rings. The van der Waals surface area contributed by atoms with Gasteiger partial charge in [-0.3, -0.25) is 4.79 Å². The lowest BCUT2D eigenvalue weighted by atomic mass is 10.2. The summed E-state index contributed by atoms with van der Waals surface area (Å²) in [5, 5.41) is 2.38. The lowest BCUT2D eigenvalue weighted by Crippen LogP contribution is -2.33. The number of anilines is 1. The lowest BCUT2D eigenvalue weighted by Gasteiger charge is -2.12. The molecule has 1 atom stereocenters. The Morgan fingerprint density at radius 2 is 2.24 bits per heavy atom. The third-order valence-electron chi connectivity index (χ3n) is 2.00. The number of nitrogen functional groups attached to an aromatic ring is 1. The molecule has 0 radical (unpaired) electrons. The number of rotatable bonds is 3. The molecule has 1 heterocycles. The van der Waals surface area contributed by atoms with E-state index in [9.17, 15) is 9.59 Å². The van der Waals surface area contributed by atoms with Crippen LogP contribution in [0.25, 0.3) is 0 Å². The van der Waals surface area contributed by atoms with Gasteiger partial charge in [-0.15, -0.1) is 0 Å². The first-order chi connectivity index (χ1) is 7.95. The van der Waals surface area contributed by atoms with Crippen molar-refractivity contribution in [2.24, 2.45) is 0 Å². The van der Waals surface area contributed by atoms with Crippen LogP contribution >= 0.6 is 15.9 Å². The molecule has 1 amide bonds. The van der Waals surface area contributed by atoms with E-state index >= 15 is 0 Å². The Kier molecular flexibility index (Phi) is 4.45. The largest absolute Gasteiger partial charge is 0.449 e. The van der Waals surface area contributed by atoms with Crippen molar-refractivity contribution in [1.82, 2.24) is 10.3 Å². The van der Waals surface area contributed by atoms with Crippen LogP contribution in [-0.2, 0) is 9.53 Å². The number of ether oxygens (including phenoxy) is 1. The Morgan fingerprint density at radius 1 is 1.59 bits per heavy atom. The zero-order valence-electron chi connectivity index (χ0n) is 9.36. The van der Waals surface area contributed by atoms with E-state index in [4.69, 9.17) is 10.5 Å². The summed E-state index contributed by atoms with van der Waals surface area (Å²) in [4.78, 5) is 26.7. The number of carbonyl (C=O) groups excluding carboxylic acids is 2. The average molecular weight is 302 g/mol. The van der Waals surface area contributed by atoms with Crippen LogP contribution in [0.2, 0.25) is 0 Å². The van der Waals surface area contributed by atoms with Crippen molar-refractivity contribution in [2.45, 2.75) is 13.0 Å². The predicted molar refractivity (Wildman–Crippen MR) is 65.3 cm³/mol. The van der Waals surface area contributed by atoms with Crippen LogP contribution in [0.15, 0.2) is 16.7 Å². The van der Waals surface area contributed by atoms with Gasteiger partial charge in [0.15, 0.2) is 6.10 Å². The molecule has 6 nitrogen and oxygen atoms in total. The van der Waals surface area contributed by atoms with Gasteiger partial charge in [-0.2, -0.15) is 0 Å². The highest BCUT2D eigenvalue weighted by Crippen LogP contribution is 2.18. The van der Waals surface area contributed by atoms with Gasteiger partial charge in [-0.05, 0) is 28.9 Å². The maximum atomic E-state index is 11.7. The van der Waals surface area contributed by atoms with Crippen LogP contribution in [0.3, 0.4) is 0 Å². The molecule has 7 heteroatoms. The number of nitrogens with two attached hydrogens (primary N) is 1. The van der Waals surface area contributed by atoms with E-state index in [0.717, 1.165) is 0 Å². The van der Waals surface area contributed by atoms with Crippen LogP contribution in [0.4, 0.5) is 5.82 Å². The van der Waals surface area contributed by atoms with Crippen molar-refractivity contribution < 1.29 is 14.3 Å². The van der Waals surface area contributed by atoms with Crippen LogP contribution in [-0.4, -0.2) is 30.0 Å². The third-order valence-corrected chi connectivity index (χ3v) is 2.63. The van der Waals surface area contributed by atoms with Crippen molar-refractivity contribution in [3.8, 4) is 0 Å². The zero-order chi connectivity index (χ0) is 13.0.